The Morgan fingerprint density at radius 2 is 1.74 bits per heavy atom. The molecule has 1 aromatic rings. The number of hydrogen-bond donors (Lipinski definition) is 0. The molecule has 0 bridgehead atoms. The minimum absolute atomic E-state index is 0.160. The van der Waals surface area contributed by atoms with Crippen LogP contribution in [0.15, 0.2) is 18.2 Å². The van der Waals surface area contributed by atoms with Gasteiger partial charge in [0.2, 0.25) is 0 Å². The molecule has 2 heteroatoms. The molecule has 0 amide bonds. The molecule has 0 aromatic heterocycles. The topological polar surface area (TPSA) is 18.5 Å². The molecule has 1 aliphatic rings. The molecular formula is C17H26O2. The summed E-state index contributed by atoms with van der Waals surface area (Å²) >= 11 is 0. The maximum atomic E-state index is 6.12. The highest BCUT2D eigenvalue weighted by Crippen LogP contribution is 2.39. The smallest absolute Gasteiger partial charge is 0.192 e. The number of benzene rings is 1. The fraction of sp³-hybridized carbons (Fsp3) is 0.647. The van der Waals surface area contributed by atoms with Crippen molar-refractivity contribution in [3.8, 4) is 0 Å². The molecule has 0 N–H and O–H groups in total. The molecule has 1 aromatic carbocycles. The molecule has 1 aliphatic heterocycles. The first-order chi connectivity index (χ1) is 8.88. The van der Waals surface area contributed by atoms with Gasteiger partial charge in [-0.3, -0.25) is 0 Å². The van der Waals surface area contributed by atoms with E-state index in [-0.39, 0.29) is 5.41 Å². The van der Waals surface area contributed by atoms with Gasteiger partial charge >= 0.3 is 0 Å². The first-order valence-corrected chi connectivity index (χ1v) is 7.24. The molecule has 2 rings (SSSR count). The van der Waals surface area contributed by atoms with E-state index in [0.29, 0.717) is 0 Å². The van der Waals surface area contributed by atoms with Crippen LogP contribution in [0, 0.1) is 19.3 Å². The van der Waals surface area contributed by atoms with Crippen LogP contribution in [0.5, 0.6) is 0 Å². The van der Waals surface area contributed by atoms with Crippen LogP contribution in [0.4, 0.5) is 0 Å². The second-order valence-electron chi connectivity index (χ2n) is 6.40. The summed E-state index contributed by atoms with van der Waals surface area (Å²) in [5.74, 6) is -0.592. The van der Waals surface area contributed by atoms with E-state index in [1.165, 1.54) is 17.5 Å². The Morgan fingerprint density at radius 3 is 2.26 bits per heavy atom. The largest absolute Gasteiger partial charge is 0.345 e. The number of hydrogen-bond acceptors (Lipinski definition) is 2. The van der Waals surface area contributed by atoms with Gasteiger partial charge in [-0.1, -0.05) is 44.0 Å². The van der Waals surface area contributed by atoms with Gasteiger partial charge in [0.05, 0.1) is 13.2 Å². The second-order valence-corrected chi connectivity index (χ2v) is 6.40. The first kappa shape index (κ1) is 14.5. The van der Waals surface area contributed by atoms with E-state index in [2.05, 4.69) is 45.9 Å². The zero-order valence-corrected chi connectivity index (χ0v) is 12.9. The van der Waals surface area contributed by atoms with Crippen molar-refractivity contribution in [1.29, 1.82) is 0 Å². The van der Waals surface area contributed by atoms with Gasteiger partial charge < -0.3 is 9.47 Å². The molecule has 0 spiro atoms. The van der Waals surface area contributed by atoms with Crippen LogP contribution in [0.3, 0.4) is 0 Å². The molecule has 0 atom stereocenters. The molecule has 0 aliphatic carbocycles. The van der Waals surface area contributed by atoms with Crippen molar-refractivity contribution in [3.05, 3.63) is 34.9 Å². The van der Waals surface area contributed by atoms with Crippen LogP contribution in [-0.4, -0.2) is 13.2 Å². The molecule has 0 unspecified atom stereocenters. The fourth-order valence-corrected chi connectivity index (χ4v) is 2.93. The third kappa shape index (κ3) is 3.01. The summed E-state index contributed by atoms with van der Waals surface area (Å²) in [5.41, 5.74) is 3.82. The molecule has 1 saturated heterocycles. The molecule has 106 valence electrons. The molecule has 1 heterocycles. The number of rotatable bonds is 3. The van der Waals surface area contributed by atoms with Crippen molar-refractivity contribution in [1.82, 2.24) is 0 Å². The quantitative estimate of drug-likeness (QED) is 0.807. The number of aryl methyl sites for hydroxylation is 2. The van der Waals surface area contributed by atoms with Crippen molar-refractivity contribution in [3.63, 3.8) is 0 Å². The Bertz CT molecular complexity index is 443. The van der Waals surface area contributed by atoms with Gasteiger partial charge in [0.25, 0.3) is 0 Å². The first-order valence-electron chi connectivity index (χ1n) is 7.24. The van der Waals surface area contributed by atoms with Crippen molar-refractivity contribution in [2.45, 2.75) is 53.2 Å². The second kappa shape index (κ2) is 5.26. The van der Waals surface area contributed by atoms with E-state index in [0.717, 1.165) is 25.2 Å². The Kier molecular flexibility index (Phi) is 4.03. The third-order valence-electron chi connectivity index (χ3n) is 4.12. The molecule has 0 saturated carbocycles. The average Bonchev–Trinajstić information content (AvgIpc) is 2.34. The monoisotopic (exact) mass is 262 g/mol. The van der Waals surface area contributed by atoms with E-state index in [4.69, 9.17) is 9.47 Å². The van der Waals surface area contributed by atoms with Crippen LogP contribution in [0.2, 0.25) is 0 Å². The minimum Gasteiger partial charge on any atom is -0.345 e. The molecule has 0 radical (unpaired) electrons. The van der Waals surface area contributed by atoms with E-state index >= 15 is 0 Å². The normalized spacial score (nSPS) is 31.4. The van der Waals surface area contributed by atoms with Crippen molar-refractivity contribution >= 4 is 0 Å². The summed E-state index contributed by atoms with van der Waals surface area (Å²) in [7, 11) is 0. The summed E-state index contributed by atoms with van der Waals surface area (Å²) in [4.78, 5) is 0. The Balaban J connectivity index is 2.17. The summed E-state index contributed by atoms with van der Waals surface area (Å²) in [6, 6.07) is 6.44. The minimum atomic E-state index is -0.592. The SMILES string of the molecule is CCCC1(C)COC(C)(c2ccc(C)cc2C)OC1. The summed E-state index contributed by atoms with van der Waals surface area (Å²) in [6.07, 6.45) is 2.32. The Hall–Kier alpha value is -0.860. The highest BCUT2D eigenvalue weighted by molar-refractivity contribution is 5.33. The van der Waals surface area contributed by atoms with E-state index in [1.807, 2.05) is 6.92 Å². The molecular weight excluding hydrogens is 236 g/mol. The van der Waals surface area contributed by atoms with E-state index in [9.17, 15) is 0 Å². The lowest BCUT2D eigenvalue weighted by Gasteiger charge is -2.43. The van der Waals surface area contributed by atoms with Gasteiger partial charge in [-0.05, 0) is 32.8 Å². The molecule has 1 fully saturated rings. The van der Waals surface area contributed by atoms with Gasteiger partial charge in [0, 0.05) is 11.0 Å². The molecule has 19 heavy (non-hydrogen) atoms. The van der Waals surface area contributed by atoms with Crippen LogP contribution in [0.1, 0.15) is 50.3 Å². The van der Waals surface area contributed by atoms with Crippen molar-refractivity contribution in [2.24, 2.45) is 5.41 Å². The average molecular weight is 262 g/mol. The molecule has 2 nitrogen and oxygen atoms in total. The van der Waals surface area contributed by atoms with E-state index in [1.54, 1.807) is 0 Å². The number of ether oxygens (including phenoxy) is 2. The van der Waals surface area contributed by atoms with Gasteiger partial charge in [0.1, 0.15) is 0 Å². The van der Waals surface area contributed by atoms with Crippen LogP contribution in [0.25, 0.3) is 0 Å². The van der Waals surface area contributed by atoms with Crippen molar-refractivity contribution in [2.75, 3.05) is 13.2 Å². The van der Waals surface area contributed by atoms with E-state index < -0.39 is 5.79 Å². The van der Waals surface area contributed by atoms with Gasteiger partial charge in [0.15, 0.2) is 5.79 Å². The lowest BCUT2D eigenvalue weighted by atomic mass is 9.86. The third-order valence-corrected chi connectivity index (χ3v) is 4.12. The zero-order chi connectivity index (χ0) is 14.1. The highest BCUT2D eigenvalue weighted by atomic mass is 16.7. The summed E-state index contributed by atoms with van der Waals surface area (Å²) in [5, 5.41) is 0. The zero-order valence-electron chi connectivity index (χ0n) is 12.9. The maximum Gasteiger partial charge on any atom is 0.192 e. The standard InChI is InChI=1S/C17H26O2/c1-6-9-16(4)11-18-17(5,19-12-16)15-8-7-13(2)10-14(15)3/h7-8,10H,6,9,11-12H2,1-5H3. The predicted molar refractivity (Wildman–Crippen MR) is 78.2 cm³/mol. The van der Waals surface area contributed by atoms with Crippen LogP contribution in [-0.2, 0) is 15.3 Å². The summed E-state index contributed by atoms with van der Waals surface area (Å²) in [6.45, 7) is 12.3. The predicted octanol–water partition coefficient (Wildman–Crippen LogP) is 4.33. The fourth-order valence-electron chi connectivity index (χ4n) is 2.93. The maximum absolute atomic E-state index is 6.12. The lowest BCUT2D eigenvalue weighted by molar-refractivity contribution is -0.302. The lowest BCUT2D eigenvalue weighted by Crippen LogP contribution is -2.45. The summed E-state index contributed by atoms with van der Waals surface area (Å²) < 4.78 is 12.2. The van der Waals surface area contributed by atoms with Gasteiger partial charge in [-0.15, -0.1) is 0 Å². The van der Waals surface area contributed by atoms with Gasteiger partial charge in [-0.2, -0.15) is 0 Å². The Labute approximate surface area is 117 Å². The van der Waals surface area contributed by atoms with Gasteiger partial charge in [-0.25, -0.2) is 0 Å². The highest BCUT2D eigenvalue weighted by Gasteiger charge is 2.40. The van der Waals surface area contributed by atoms with Crippen molar-refractivity contribution < 1.29 is 9.47 Å². The van der Waals surface area contributed by atoms with Crippen LogP contribution >= 0.6 is 0 Å². The van der Waals surface area contributed by atoms with Crippen LogP contribution < -0.4 is 0 Å². The Morgan fingerprint density at radius 1 is 1.11 bits per heavy atom.